The Morgan fingerprint density at radius 1 is 1.27 bits per heavy atom. The maximum absolute atomic E-state index is 11.6. The van der Waals surface area contributed by atoms with E-state index in [1.165, 1.54) is 0 Å². The van der Waals surface area contributed by atoms with Crippen molar-refractivity contribution in [2.75, 3.05) is 18.8 Å². The van der Waals surface area contributed by atoms with Gasteiger partial charge in [-0.05, 0) is 11.8 Å². The number of aliphatic carboxylic acids is 1. The van der Waals surface area contributed by atoms with Crippen LogP contribution in [-0.4, -0.2) is 41.5 Å². The smallest absolute Gasteiger partial charge is 0.441 e. The average molecular weight is 246 g/mol. The Morgan fingerprint density at radius 2 is 1.87 bits per heavy atom. The maximum Gasteiger partial charge on any atom is 0.441 e. The molecule has 88 valence electrons. The predicted octanol–water partition coefficient (Wildman–Crippen LogP) is 0.623. The summed E-state index contributed by atoms with van der Waals surface area (Å²) in [4.78, 5) is 20.7. The zero-order valence-corrected chi connectivity index (χ0v) is 8.24. The van der Waals surface area contributed by atoms with E-state index in [-0.39, 0.29) is 24.1 Å². The van der Waals surface area contributed by atoms with Gasteiger partial charge < -0.3 is 15.7 Å². The molecule has 2 amide bonds. The van der Waals surface area contributed by atoms with E-state index < -0.39 is 24.1 Å². The number of carbonyl (C=O) groups is 2. The number of carboxylic acids is 1. The molecule has 0 bridgehead atoms. The topological polar surface area (TPSA) is 78.4 Å². The Kier molecular flexibility index (Phi) is 5.90. The molecule has 0 spiro atoms. The standard InChI is InChI=1S/C6H9F3N2O3S/c7-6(8,9)15-2-1-10-5(14)11-3-4(12)13/h1-3H2,(H,12,13)(H2,10,11,14). The fourth-order valence-corrected chi connectivity index (χ4v) is 0.985. The van der Waals surface area contributed by atoms with Gasteiger partial charge in [0.25, 0.3) is 0 Å². The summed E-state index contributed by atoms with van der Waals surface area (Å²) in [7, 11) is 0. The number of halogens is 3. The lowest BCUT2D eigenvalue weighted by Crippen LogP contribution is -2.39. The van der Waals surface area contributed by atoms with E-state index in [1.807, 2.05) is 5.32 Å². The van der Waals surface area contributed by atoms with Gasteiger partial charge in [0.1, 0.15) is 6.54 Å². The second-order valence-corrected chi connectivity index (χ2v) is 3.46. The largest absolute Gasteiger partial charge is 0.480 e. The normalized spacial score (nSPS) is 10.9. The van der Waals surface area contributed by atoms with E-state index >= 15 is 0 Å². The highest BCUT2D eigenvalue weighted by Crippen LogP contribution is 2.29. The van der Waals surface area contributed by atoms with Crippen LogP contribution in [0.5, 0.6) is 0 Å². The van der Waals surface area contributed by atoms with Crippen LogP contribution in [0.3, 0.4) is 0 Å². The van der Waals surface area contributed by atoms with Crippen LogP contribution in [0.4, 0.5) is 18.0 Å². The van der Waals surface area contributed by atoms with E-state index in [0.717, 1.165) is 0 Å². The molecular formula is C6H9F3N2O3S. The number of alkyl halides is 3. The van der Waals surface area contributed by atoms with E-state index in [9.17, 15) is 22.8 Å². The average Bonchev–Trinajstić information content (AvgIpc) is 2.07. The monoisotopic (exact) mass is 246 g/mol. The van der Waals surface area contributed by atoms with Crippen molar-refractivity contribution < 1.29 is 27.9 Å². The third kappa shape index (κ3) is 10.8. The van der Waals surface area contributed by atoms with Crippen LogP contribution in [0, 0.1) is 0 Å². The van der Waals surface area contributed by atoms with Gasteiger partial charge in [0.2, 0.25) is 0 Å². The number of hydrogen-bond acceptors (Lipinski definition) is 3. The van der Waals surface area contributed by atoms with Crippen LogP contribution >= 0.6 is 11.8 Å². The Morgan fingerprint density at radius 3 is 2.33 bits per heavy atom. The van der Waals surface area contributed by atoms with Crippen molar-refractivity contribution in [1.82, 2.24) is 10.6 Å². The van der Waals surface area contributed by atoms with Gasteiger partial charge in [-0.15, -0.1) is 0 Å². The minimum atomic E-state index is -4.32. The molecule has 0 fully saturated rings. The summed E-state index contributed by atoms with van der Waals surface area (Å²) in [5.74, 6) is -1.54. The third-order valence-corrected chi connectivity index (χ3v) is 1.79. The molecular weight excluding hydrogens is 237 g/mol. The van der Waals surface area contributed by atoms with E-state index in [1.54, 1.807) is 0 Å². The molecule has 5 nitrogen and oxygen atoms in total. The molecule has 0 saturated carbocycles. The lowest BCUT2D eigenvalue weighted by molar-refractivity contribution is -0.135. The summed E-state index contributed by atoms with van der Waals surface area (Å²) in [6.45, 7) is -0.756. The van der Waals surface area contributed by atoms with Gasteiger partial charge >= 0.3 is 17.5 Å². The van der Waals surface area contributed by atoms with Crippen LogP contribution in [-0.2, 0) is 4.79 Å². The number of carbonyl (C=O) groups excluding carboxylic acids is 1. The Labute approximate surface area is 87.4 Å². The number of carboxylic acid groups (broad SMARTS) is 1. The second kappa shape index (κ2) is 6.38. The molecule has 0 radical (unpaired) electrons. The molecule has 0 aliphatic carbocycles. The quantitative estimate of drug-likeness (QED) is 0.621. The van der Waals surface area contributed by atoms with E-state index in [2.05, 4.69) is 5.32 Å². The van der Waals surface area contributed by atoms with Gasteiger partial charge in [-0.3, -0.25) is 4.79 Å². The summed E-state index contributed by atoms with van der Waals surface area (Å²) < 4.78 is 34.8. The van der Waals surface area contributed by atoms with Crippen LogP contribution < -0.4 is 10.6 Å². The molecule has 0 aliphatic rings. The zero-order valence-electron chi connectivity index (χ0n) is 7.43. The van der Waals surface area contributed by atoms with Crippen LogP contribution in [0.15, 0.2) is 0 Å². The van der Waals surface area contributed by atoms with E-state index in [4.69, 9.17) is 5.11 Å². The highest BCUT2D eigenvalue weighted by atomic mass is 32.2. The molecule has 0 aliphatic heterocycles. The Bertz CT molecular complexity index is 234. The van der Waals surface area contributed by atoms with Crippen molar-refractivity contribution >= 4 is 23.8 Å². The van der Waals surface area contributed by atoms with Gasteiger partial charge in [-0.25, -0.2) is 4.79 Å². The second-order valence-electron chi connectivity index (χ2n) is 2.30. The summed E-state index contributed by atoms with van der Waals surface area (Å²) in [6, 6.07) is -0.805. The molecule has 0 heterocycles. The molecule has 0 atom stereocenters. The van der Waals surface area contributed by atoms with Gasteiger partial charge in [-0.2, -0.15) is 13.2 Å². The number of nitrogens with one attached hydrogen (secondary N) is 2. The number of thioether (sulfide) groups is 1. The number of rotatable bonds is 5. The zero-order chi connectivity index (χ0) is 11.9. The minimum Gasteiger partial charge on any atom is -0.480 e. The molecule has 0 unspecified atom stereocenters. The van der Waals surface area contributed by atoms with Crippen LogP contribution in [0.25, 0.3) is 0 Å². The van der Waals surface area contributed by atoms with Gasteiger partial charge in [0, 0.05) is 12.3 Å². The maximum atomic E-state index is 11.6. The highest BCUT2D eigenvalue weighted by molar-refractivity contribution is 8.00. The van der Waals surface area contributed by atoms with Gasteiger partial charge in [0.15, 0.2) is 0 Å². The molecule has 0 saturated heterocycles. The molecule has 0 rings (SSSR count). The Balaban J connectivity index is 3.44. The van der Waals surface area contributed by atoms with E-state index in [0.29, 0.717) is 0 Å². The molecule has 3 N–H and O–H groups in total. The highest BCUT2D eigenvalue weighted by Gasteiger charge is 2.27. The Hall–Kier alpha value is -1.12. The van der Waals surface area contributed by atoms with Crippen LogP contribution in [0.2, 0.25) is 0 Å². The van der Waals surface area contributed by atoms with Crippen molar-refractivity contribution in [3.63, 3.8) is 0 Å². The molecule has 0 aromatic rings. The summed E-state index contributed by atoms with van der Waals surface area (Å²) >= 11 is -0.259. The lowest BCUT2D eigenvalue weighted by Gasteiger charge is -2.07. The number of urea groups is 1. The fraction of sp³-hybridized carbons (Fsp3) is 0.667. The fourth-order valence-electron chi connectivity index (χ4n) is 0.550. The first-order valence-corrected chi connectivity index (χ1v) is 4.74. The summed E-state index contributed by atoms with van der Waals surface area (Å²) in [6.07, 6.45) is 0. The van der Waals surface area contributed by atoms with Crippen molar-refractivity contribution in [2.24, 2.45) is 0 Å². The van der Waals surface area contributed by atoms with Crippen molar-refractivity contribution in [2.45, 2.75) is 5.51 Å². The van der Waals surface area contributed by atoms with Gasteiger partial charge in [0.05, 0.1) is 0 Å². The first kappa shape index (κ1) is 13.9. The number of amides is 2. The molecule has 0 aromatic carbocycles. The third-order valence-electron chi connectivity index (χ3n) is 1.05. The van der Waals surface area contributed by atoms with Gasteiger partial charge in [-0.1, -0.05) is 0 Å². The van der Waals surface area contributed by atoms with Crippen molar-refractivity contribution in [3.8, 4) is 0 Å². The summed E-state index contributed by atoms with van der Waals surface area (Å²) in [5.41, 5.74) is -4.32. The SMILES string of the molecule is O=C(O)CNC(=O)NCCSC(F)(F)F. The lowest BCUT2D eigenvalue weighted by atomic mass is 10.6. The minimum absolute atomic E-state index is 0.185. The van der Waals surface area contributed by atoms with Crippen molar-refractivity contribution in [1.29, 1.82) is 0 Å². The number of hydrogen-bond donors (Lipinski definition) is 3. The first-order valence-electron chi connectivity index (χ1n) is 3.75. The van der Waals surface area contributed by atoms with Crippen molar-refractivity contribution in [3.05, 3.63) is 0 Å². The molecule has 0 aromatic heterocycles. The summed E-state index contributed by atoms with van der Waals surface area (Å²) in [5, 5.41) is 12.2. The predicted molar refractivity (Wildman–Crippen MR) is 47.6 cm³/mol. The van der Waals surface area contributed by atoms with Crippen LogP contribution in [0.1, 0.15) is 0 Å². The first-order chi connectivity index (χ1) is 6.81. The molecule has 9 heteroatoms. The molecule has 15 heavy (non-hydrogen) atoms.